The van der Waals surface area contributed by atoms with Crippen LogP contribution in [0.4, 0.5) is 5.13 Å². The number of carbonyl (C=O) groups is 4. The number of oxime groups is 1. The molecule has 1 fully saturated rings. The first-order valence-corrected chi connectivity index (χ1v) is 21.4. The minimum Gasteiger partial charge on any atom is -0.497 e. The van der Waals surface area contributed by atoms with Crippen molar-refractivity contribution in [3.8, 4) is 5.75 Å². The standard InChI is InChI=1S/C46H39N7O8S2/c1-58-33-21-18-28(19-22-33)25-60-44(57)39-29(20-23-34-24-35(40(47)54)51-61-34)26-62-43-38(42(56)53(39)43)49-41(55)37(52-59-2)36-27-63-45(48-36)50-46(30-12-6-3-7-13-30,31-14-8-4-9-15-31)32-16-10-5-11-17-32/h3-24,27,38,43H,25-26H2,1-2H3,(H2,47,54)(H,48,50)(H,49,55)/b23-20-,52-37-/t38-,43-/m1/s1. The van der Waals surface area contributed by atoms with Gasteiger partial charge in [0.05, 0.1) is 7.11 Å². The summed E-state index contributed by atoms with van der Waals surface area (Å²) in [6.45, 7) is -0.0854. The minimum absolute atomic E-state index is 0.00613. The molecule has 4 N–H and O–H groups in total. The second kappa shape index (κ2) is 18.6. The summed E-state index contributed by atoms with van der Waals surface area (Å²) in [7, 11) is 2.86. The number of hydrogen-bond acceptors (Lipinski definition) is 14. The number of rotatable bonds is 16. The second-order valence-corrected chi connectivity index (χ2v) is 16.1. The molecule has 2 aromatic heterocycles. The van der Waals surface area contributed by atoms with Crippen LogP contribution in [0.1, 0.15) is 44.2 Å². The Bertz CT molecular complexity index is 2620. The molecule has 15 nitrogen and oxygen atoms in total. The molecule has 0 aliphatic carbocycles. The van der Waals surface area contributed by atoms with Crippen LogP contribution in [0.3, 0.4) is 0 Å². The molecule has 17 heteroatoms. The van der Waals surface area contributed by atoms with Crippen LogP contribution in [-0.4, -0.2) is 75.8 Å². The molecule has 63 heavy (non-hydrogen) atoms. The highest BCUT2D eigenvalue weighted by atomic mass is 32.2. The second-order valence-electron chi connectivity index (χ2n) is 14.1. The lowest BCUT2D eigenvalue weighted by molar-refractivity contribution is -0.153. The van der Waals surface area contributed by atoms with Crippen LogP contribution in [0.25, 0.3) is 6.08 Å². The third-order valence-corrected chi connectivity index (χ3v) is 12.4. The van der Waals surface area contributed by atoms with Gasteiger partial charge in [-0.05, 0) is 46.0 Å². The topological polar surface area (TPSA) is 201 Å². The fraction of sp³-hybridized carbons (Fsp3) is 0.152. The van der Waals surface area contributed by atoms with Crippen molar-refractivity contribution in [3.05, 3.63) is 183 Å². The summed E-state index contributed by atoms with van der Waals surface area (Å²) in [5.74, 6) is -1.70. The SMILES string of the molecule is CO/N=C(\C(=O)N[C@@H]1C(=O)N2C(C(=O)OCc3ccc(OC)cc3)=C(/C=C\c3cc(C(N)=O)no3)CS[C@H]12)c1csc(NC(c2ccccc2)(c2ccccc2)c2ccccc2)n1. The van der Waals surface area contributed by atoms with Gasteiger partial charge < -0.3 is 35.2 Å². The minimum atomic E-state index is -1.04. The predicted molar refractivity (Wildman–Crippen MR) is 237 cm³/mol. The Kier molecular flexibility index (Phi) is 12.5. The number of nitrogens with zero attached hydrogens (tertiary/aromatic N) is 4. The van der Waals surface area contributed by atoms with E-state index >= 15 is 0 Å². The first-order valence-electron chi connectivity index (χ1n) is 19.4. The van der Waals surface area contributed by atoms with Crippen molar-refractivity contribution in [1.82, 2.24) is 20.4 Å². The average Bonchev–Trinajstić information content (AvgIpc) is 4.01. The Morgan fingerprint density at radius 2 is 1.54 bits per heavy atom. The molecule has 4 aromatic carbocycles. The van der Waals surface area contributed by atoms with Gasteiger partial charge in [-0.1, -0.05) is 120 Å². The number of benzene rings is 4. The molecule has 4 heterocycles. The maximum absolute atomic E-state index is 14.1. The molecule has 8 rings (SSSR count). The summed E-state index contributed by atoms with van der Waals surface area (Å²) in [5.41, 5.74) is 8.45. The van der Waals surface area contributed by atoms with Gasteiger partial charge in [-0.25, -0.2) is 9.78 Å². The van der Waals surface area contributed by atoms with E-state index in [9.17, 15) is 19.2 Å². The van der Waals surface area contributed by atoms with Crippen molar-refractivity contribution >= 4 is 63.7 Å². The van der Waals surface area contributed by atoms with Crippen molar-refractivity contribution < 1.29 is 38.0 Å². The smallest absolute Gasteiger partial charge is 0.355 e. The van der Waals surface area contributed by atoms with Gasteiger partial charge in [-0.2, -0.15) is 0 Å². The number of fused-ring (bicyclic) bond motifs is 1. The van der Waals surface area contributed by atoms with Crippen molar-refractivity contribution in [2.75, 3.05) is 25.3 Å². The molecule has 0 saturated carbocycles. The monoisotopic (exact) mass is 881 g/mol. The zero-order valence-electron chi connectivity index (χ0n) is 33.8. The number of carbonyl (C=O) groups excluding carboxylic acids is 4. The van der Waals surface area contributed by atoms with E-state index in [1.165, 1.54) is 47.3 Å². The van der Waals surface area contributed by atoms with Gasteiger partial charge in [0, 0.05) is 17.2 Å². The van der Waals surface area contributed by atoms with Crippen molar-refractivity contribution in [3.63, 3.8) is 0 Å². The Balaban J connectivity index is 1.04. The average molecular weight is 882 g/mol. The molecule has 0 spiro atoms. The van der Waals surface area contributed by atoms with Crippen LogP contribution < -0.4 is 21.1 Å². The van der Waals surface area contributed by atoms with Crippen LogP contribution in [0.2, 0.25) is 0 Å². The number of nitrogens with two attached hydrogens (primary N) is 1. The van der Waals surface area contributed by atoms with Crippen LogP contribution in [0.15, 0.2) is 154 Å². The quantitative estimate of drug-likeness (QED) is 0.0332. The van der Waals surface area contributed by atoms with Crippen LogP contribution in [-0.2, 0) is 36.1 Å². The van der Waals surface area contributed by atoms with Crippen LogP contribution >= 0.6 is 23.1 Å². The van der Waals surface area contributed by atoms with Crippen molar-refractivity contribution in [1.29, 1.82) is 0 Å². The number of hydrogen-bond donors (Lipinski definition) is 3. The zero-order chi connectivity index (χ0) is 43.9. The molecular formula is C46H39N7O8S2. The maximum atomic E-state index is 14.1. The fourth-order valence-corrected chi connectivity index (χ4v) is 9.32. The zero-order valence-corrected chi connectivity index (χ0v) is 35.4. The Labute approximate surface area is 369 Å². The lowest BCUT2D eigenvalue weighted by Crippen LogP contribution is -2.71. The highest BCUT2D eigenvalue weighted by Gasteiger charge is 2.54. The van der Waals surface area contributed by atoms with Gasteiger partial charge in [0.2, 0.25) is 0 Å². The number of esters is 1. The lowest BCUT2D eigenvalue weighted by atomic mass is 9.77. The third-order valence-electron chi connectivity index (χ3n) is 10.3. The van der Waals surface area contributed by atoms with Crippen molar-refractivity contribution in [2.24, 2.45) is 10.9 Å². The van der Waals surface area contributed by atoms with E-state index in [0.717, 1.165) is 16.7 Å². The molecule has 1 saturated heterocycles. The van der Waals surface area contributed by atoms with Gasteiger partial charge in [0.15, 0.2) is 22.3 Å². The van der Waals surface area contributed by atoms with E-state index < -0.39 is 40.6 Å². The van der Waals surface area contributed by atoms with Crippen molar-refractivity contribution in [2.45, 2.75) is 23.6 Å². The first-order chi connectivity index (χ1) is 30.7. The summed E-state index contributed by atoms with van der Waals surface area (Å²) in [6, 6.07) is 37.4. The van der Waals surface area contributed by atoms with E-state index in [4.69, 9.17) is 29.6 Å². The molecule has 6 aromatic rings. The molecule has 2 atom stereocenters. The number of thioether (sulfide) groups is 1. The third kappa shape index (κ3) is 8.69. The number of primary amides is 1. The molecule has 0 radical (unpaired) electrons. The number of anilines is 1. The van der Waals surface area contributed by atoms with E-state index in [1.807, 2.05) is 91.0 Å². The number of nitrogens with one attached hydrogen (secondary N) is 2. The number of aromatic nitrogens is 2. The Morgan fingerprint density at radius 1 is 0.905 bits per heavy atom. The number of thiazole rings is 1. The van der Waals surface area contributed by atoms with Gasteiger partial charge in [0.25, 0.3) is 17.7 Å². The Hall–Kier alpha value is -7.50. The summed E-state index contributed by atoms with van der Waals surface area (Å²) in [6.07, 6.45) is 3.08. The number of ether oxygens (including phenoxy) is 2. The molecule has 2 aliphatic rings. The molecule has 3 amide bonds. The number of amides is 3. The van der Waals surface area contributed by atoms with Gasteiger partial charge >= 0.3 is 5.97 Å². The number of methoxy groups -OCH3 is 1. The number of β-lactam (4-membered cyclic amide) rings is 1. The summed E-state index contributed by atoms with van der Waals surface area (Å²) < 4.78 is 16.1. The molecule has 0 unspecified atom stereocenters. The summed E-state index contributed by atoms with van der Waals surface area (Å²) in [5, 5.41) is 15.7. The highest BCUT2D eigenvalue weighted by molar-refractivity contribution is 8.00. The van der Waals surface area contributed by atoms with E-state index in [2.05, 4.69) is 20.9 Å². The lowest BCUT2D eigenvalue weighted by Gasteiger charge is -2.49. The normalized spacial score (nSPS) is 16.3. The highest BCUT2D eigenvalue weighted by Crippen LogP contribution is 2.43. The van der Waals surface area contributed by atoms with Gasteiger partial charge in [0.1, 0.15) is 47.8 Å². The first kappa shape index (κ1) is 42.2. The van der Waals surface area contributed by atoms with Crippen LogP contribution in [0, 0.1) is 0 Å². The number of allylic oxidation sites excluding steroid dienone is 1. The largest absolute Gasteiger partial charge is 0.497 e. The molecule has 2 aliphatic heterocycles. The van der Waals surface area contributed by atoms with Gasteiger partial charge in [-0.3, -0.25) is 19.3 Å². The summed E-state index contributed by atoms with van der Waals surface area (Å²) >= 11 is 2.61. The van der Waals surface area contributed by atoms with E-state index in [1.54, 1.807) is 42.8 Å². The van der Waals surface area contributed by atoms with E-state index in [0.29, 0.717) is 22.0 Å². The fourth-order valence-electron chi connectivity index (χ4n) is 7.25. The molecule has 0 bridgehead atoms. The maximum Gasteiger partial charge on any atom is 0.355 e. The summed E-state index contributed by atoms with van der Waals surface area (Å²) in [4.78, 5) is 64.8. The van der Waals surface area contributed by atoms with E-state index in [-0.39, 0.29) is 40.9 Å². The predicted octanol–water partition coefficient (Wildman–Crippen LogP) is 6.10. The molecular weight excluding hydrogens is 843 g/mol. The Morgan fingerprint density at radius 3 is 2.11 bits per heavy atom. The molecule has 318 valence electrons. The van der Waals surface area contributed by atoms with Gasteiger partial charge in [-0.15, -0.1) is 23.1 Å². The van der Waals surface area contributed by atoms with Crippen LogP contribution in [0.5, 0.6) is 5.75 Å².